The summed E-state index contributed by atoms with van der Waals surface area (Å²) in [5.41, 5.74) is -4.22. The van der Waals surface area contributed by atoms with Crippen LogP contribution in [0.1, 0.15) is 32.8 Å². The van der Waals surface area contributed by atoms with Crippen LogP contribution in [0.4, 0.5) is 18.0 Å². The number of aromatic nitrogens is 2. The summed E-state index contributed by atoms with van der Waals surface area (Å²) in [6.45, 7) is 6.21. The number of amides is 1. The van der Waals surface area contributed by atoms with E-state index >= 15 is 0 Å². The zero-order valence-electron chi connectivity index (χ0n) is 22.0. The number of fused-ring (bicyclic) bond motifs is 1. The van der Waals surface area contributed by atoms with E-state index in [9.17, 15) is 31.2 Å². The fourth-order valence-electron chi connectivity index (χ4n) is 3.96. The predicted octanol–water partition coefficient (Wildman–Crippen LogP) is 4.62. The van der Waals surface area contributed by atoms with Crippen LogP contribution in [0.5, 0.6) is 11.5 Å². The Hall–Kier alpha value is -4.07. The van der Waals surface area contributed by atoms with Gasteiger partial charge in [-0.3, -0.25) is 9.20 Å². The van der Waals surface area contributed by atoms with E-state index in [-0.39, 0.29) is 17.0 Å². The quantitative estimate of drug-likeness (QED) is 0.317. The lowest BCUT2D eigenvalue weighted by molar-refractivity contribution is -0.0500. The molecule has 0 radical (unpaired) electrons. The molecule has 1 aromatic carbocycles. The Morgan fingerprint density at radius 1 is 1.07 bits per heavy atom. The Balaban J connectivity index is 1.60. The first-order chi connectivity index (χ1) is 18.6. The maximum absolute atomic E-state index is 13.0. The smallest absolute Gasteiger partial charge is 0.496 e. The second-order valence-corrected chi connectivity index (χ2v) is 11.4. The van der Waals surface area contributed by atoms with Crippen molar-refractivity contribution in [2.75, 3.05) is 20.2 Å². The molecule has 3 aromatic rings. The van der Waals surface area contributed by atoms with Gasteiger partial charge in [-0.25, -0.2) is 9.78 Å². The normalized spacial score (nSPS) is 14.6. The second kappa shape index (κ2) is 10.5. The molecule has 1 aliphatic rings. The first-order valence-corrected chi connectivity index (χ1v) is 13.4. The lowest BCUT2D eigenvalue weighted by Crippen LogP contribution is -2.39. The third kappa shape index (κ3) is 6.22. The van der Waals surface area contributed by atoms with Crippen molar-refractivity contribution in [3.8, 4) is 22.8 Å². The fraction of sp³-hybridized carbons (Fsp3) is 0.346. The highest BCUT2D eigenvalue weighted by atomic mass is 32.2. The van der Waals surface area contributed by atoms with Gasteiger partial charge in [-0.05, 0) is 62.6 Å². The molecule has 2 aromatic heterocycles. The van der Waals surface area contributed by atoms with Gasteiger partial charge in [0.2, 0.25) is 0 Å². The topological polar surface area (TPSA) is 117 Å². The van der Waals surface area contributed by atoms with Crippen LogP contribution in [0.2, 0.25) is 0 Å². The van der Waals surface area contributed by atoms with Gasteiger partial charge in [-0.2, -0.15) is 21.6 Å². The van der Waals surface area contributed by atoms with Gasteiger partial charge in [0.15, 0.2) is 0 Å². The number of alkyl halides is 3. The van der Waals surface area contributed by atoms with Crippen LogP contribution >= 0.6 is 0 Å². The van der Waals surface area contributed by atoms with Crippen LogP contribution in [-0.2, 0) is 14.9 Å². The van der Waals surface area contributed by atoms with Gasteiger partial charge in [0, 0.05) is 37.0 Å². The van der Waals surface area contributed by atoms with Crippen molar-refractivity contribution in [3.63, 3.8) is 0 Å². The molecule has 0 spiro atoms. The van der Waals surface area contributed by atoms with Crippen molar-refractivity contribution < 1.29 is 40.0 Å². The second-order valence-electron chi connectivity index (χ2n) is 9.88. The molecule has 0 fully saturated rings. The van der Waals surface area contributed by atoms with Crippen LogP contribution in [-0.4, -0.2) is 60.1 Å². The highest BCUT2D eigenvalue weighted by Gasteiger charge is 2.48. The lowest BCUT2D eigenvalue weighted by Gasteiger charge is -2.29. The van der Waals surface area contributed by atoms with Crippen LogP contribution < -0.4 is 14.5 Å². The number of carbonyl (C=O) groups is 1. The molecule has 10 nitrogen and oxygen atoms in total. The molecule has 0 saturated carbocycles. The highest BCUT2D eigenvalue weighted by Crippen LogP contribution is 2.34. The first kappa shape index (κ1) is 28.9. The number of nitrogens with zero attached hydrogens (tertiary/aromatic N) is 3. The molecule has 0 unspecified atom stereocenters. The lowest BCUT2D eigenvalue weighted by atomic mass is 10.0. The van der Waals surface area contributed by atoms with Crippen molar-refractivity contribution in [1.82, 2.24) is 14.3 Å². The summed E-state index contributed by atoms with van der Waals surface area (Å²) in [4.78, 5) is 31.4. The standard InChI is InChI=1S/C26H26F3N3O7S/c1-25(2,3)38-24(34)31-11-9-16(10-12-31)17-5-8-22-30-20(14-23(33)32(22)15-17)19-7-6-18(13-21(19)37-4)39-40(35,36)26(27,28)29/h5-9,13-15H,10-12H2,1-4H3. The van der Waals surface area contributed by atoms with Crippen molar-refractivity contribution in [2.24, 2.45) is 0 Å². The summed E-state index contributed by atoms with van der Waals surface area (Å²) in [5, 5.41) is 0. The van der Waals surface area contributed by atoms with E-state index < -0.39 is 38.6 Å². The summed E-state index contributed by atoms with van der Waals surface area (Å²) in [6, 6.07) is 7.86. The maximum Gasteiger partial charge on any atom is 0.534 e. The third-order valence-electron chi connectivity index (χ3n) is 5.83. The SMILES string of the molecule is COc1cc(OS(=O)(=O)C(F)(F)F)ccc1-c1cc(=O)n2cc(C3=CCN(C(=O)OC(C)(C)C)CC3)ccc2n1. The van der Waals surface area contributed by atoms with Crippen LogP contribution in [0.3, 0.4) is 0 Å². The summed E-state index contributed by atoms with van der Waals surface area (Å²) in [7, 11) is -4.65. The van der Waals surface area contributed by atoms with E-state index in [1.54, 1.807) is 44.0 Å². The molecule has 40 heavy (non-hydrogen) atoms. The van der Waals surface area contributed by atoms with Crippen molar-refractivity contribution in [2.45, 2.75) is 38.3 Å². The van der Waals surface area contributed by atoms with E-state index in [4.69, 9.17) is 9.47 Å². The molecule has 3 heterocycles. The molecule has 214 valence electrons. The average molecular weight is 582 g/mol. The van der Waals surface area contributed by atoms with Gasteiger partial charge in [0.1, 0.15) is 22.7 Å². The minimum absolute atomic E-state index is 0.0513. The molecule has 14 heteroatoms. The molecule has 0 N–H and O–H groups in total. The molecule has 0 bridgehead atoms. The maximum atomic E-state index is 13.0. The summed E-state index contributed by atoms with van der Waals surface area (Å²) in [5.74, 6) is -0.671. The van der Waals surface area contributed by atoms with Gasteiger partial charge in [-0.15, -0.1) is 0 Å². The summed E-state index contributed by atoms with van der Waals surface area (Å²) >= 11 is 0. The Labute approximate surface area is 227 Å². The molecule has 0 saturated heterocycles. The number of methoxy groups -OCH3 is 1. The van der Waals surface area contributed by atoms with Crippen molar-refractivity contribution in [1.29, 1.82) is 0 Å². The Morgan fingerprint density at radius 3 is 2.40 bits per heavy atom. The first-order valence-electron chi connectivity index (χ1n) is 12.0. The molecule has 1 amide bonds. The molecule has 0 aliphatic carbocycles. The monoisotopic (exact) mass is 581 g/mol. The number of carbonyl (C=O) groups excluding carboxylic acids is 1. The fourth-order valence-corrected chi connectivity index (χ4v) is 4.41. The number of halogens is 3. The number of benzene rings is 1. The zero-order chi connectivity index (χ0) is 29.5. The molecule has 4 rings (SSSR count). The van der Waals surface area contributed by atoms with Gasteiger partial charge in [0.25, 0.3) is 5.56 Å². The van der Waals surface area contributed by atoms with Crippen molar-refractivity contribution in [3.05, 3.63) is 64.6 Å². The molecular formula is C26H26F3N3O7S. The van der Waals surface area contributed by atoms with Crippen molar-refractivity contribution >= 4 is 27.4 Å². The Morgan fingerprint density at radius 2 is 1.80 bits per heavy atom. The Bertz CT molecular complexity index is 1660. The number of pyridine rings is 1. The van der Waals surface area contributed by atoms with E-state index in [0.717, 1.165) is 23.3 Å². The average Bonchev–Trinajstić information content (AvgIpc) is 2.86. The third-order valence-corrected chi connectivity index (χ3v) is 6.81. The largest absolute Gasteiger partial charge is 0.534 e. The zero-order valence-corrected chi connectivity index (χ0v) is 22.8. The van der Waals surface area contributed by atoms with Crippen LogP contribution in [0, 0.1) is 0 Å². The summed E-state index contributed by atoms with van der Waals surface area (Å²) in [6.07, 6.45) is 3.70. The minimum Gasteiger partial charge on any atom is -0.496 e. The van der Waals surface area contributed by atoms with E-state index in [1.165, 1.54) is 23.6 Å². The summed E-state index contributed by atoms with van der Waals surface area (Å²) < 4.78 is 76.8. The highest BCUT2D eigenvalue weighted by molar-refractivity contribution is 7.88. The van der Waals surface area contributed by atoms with Gasteiger partial charge in [-0.1, -0.05) is 6.08 Å². The van der Waals surface area contributed by atoms with Gasteiger partial charge in [0.05, 0.1) is 12.8 Å². The molecule has 1 aliphatic heterocycles. The predicted molar refractivity (Wildman–Crippen MR) is 139 cm³/mol. The van der Waals surface area contributed by atoms with Crippen LogP contribution in [0.15, 0.2) is 53.5 Å². The number of hydrogen-bond acceptors (Lipinski definition) is 8. The number of ether oxygens (including phenoxy) is 2. The number of hydrogen-bond donors (Lipinski definition) is 0. The van der Waals surface area contributed by atoms with E-state index in [1.807, 2.05) is 6.08 Å². The minimum atomic E-state index is -5.87. The molecular weight excluding hydrogens is 555 g/mol. The Kier molecular flexibility index (Phi) is 7.58. The van der Waals surface area contributed by atoms with Gasteiger partial charge < -0.3 is 18.6 Å². The number of rotatable bonds is 5. The van der Waals surface area contributed by atoms with E-state index in [2.05, 4.69) is 9.17 Å². The molecule has 0 atom stereocenters. The van der Waals surface area contributed by atoms with E-state index in [0.29, 0.717) is 25.2 Å². The van der Waals surface area contributed by atoms with Gasteiger partial charge >= 0.3 is 21.7 Å². The van der Waals surface area contributed by atoms with Crippen LogP contribution in [0.25, 0.3) is 22.5 Å².